The minimum Gasteiger partial charge on any atom is -0.482 e. The van der Waals surface area contributed by atoms with Crippen molar-refractivity contribution < 1.29 is 28.6 Å². The van der Waals surface area contributed by atoms with Crippen molar-refractivity contribution in [1.82, 2.24) is 0 Å². The van der Waals surface area contributed by atoms with E-state index >= 15 is 0 Å². The zero-order chi connectivity index (χ0) is 23.0. The number of hydrogen-bond donors (Lipinski definition) is 2. The van der Waals surface area contributed by atoms with Crippen molar-refractivity contribution >= 4 is 39.1 Å². The molecular weight excluding hydrogens is 481 g/mol. The highest BCUT2D eigenvalue weighted by Gasteiger charge is 2.33. The standard InChI is InChI=1S/C24H23BrFNO5/c1-24(2)12-18(13-5-7-31-8-6-13)17-9-14(10-19(25)21(17)32-24)22(28)27-15-3-4-16(23(29)30)20(26)11-15/h3-4,9-13H,5-8H2,1-2H3,(H,27,28)(H,29,30). The van der Waals surface area contributed by atoms with Crippen molar-refractivity contribution in [2.45, 2.75) is 32.3 Å². The van der Waals surface area contributed by atoms with E-state index in [2.05, 4.69) is 27.3 Å². The zero-order valence-corrected chi connectivity index (χ0v) is 19.3. The van der Waals surface area contributed by atoms with Gasteiger partial charge in [-0.2, -0.15) is 0 Å². The Hall–Kier alpha value is -2.71. The molecule has 0 unspecified atom stereocenters. The normalized spacial score (nSPS) is 17.7. The van der Waals surface area contributed by atoms with E-state index < -0.39 is 28.9 Å². The summed E-state index contributed by atoms with van der Waals surface area (Å²) in [6, 6.07) is 6.93. The van der Waals surface area contributed by atoms with Gasteiger partial charge in [0.2, 0.25) is 0 Å². The van der Waals surface area contributed by atoms with Crippen LogP contribution in [-0.4, -0.2) is 35.8 Å². The third kappa shape index (κ3) is 4.56. The van der Waals surface area contributed by atoms with Gasteiger partial charge >= 0.3 is 5.97 Å². The quantitative estimate of drug-likeness (QED) is 0.573. The van der Waals surface area contributed by atoms with E-state index in [0.29, 0.717) is 34.9 Å². The number of anilines is 1. The van der Waals surface area contributed by atoms with Gasteiger partial charge in [0.1, 0.15) is 17.2 Å². The fourth-order valence-electron chi connectivity index (χ4n) is 4.10. The second-order valence-electron chi connectivity index (χ2n) is 8.48. The predicted octanol–water partition coefficient (Wildman–Crippen LogP) is 5.52. The number of rotatable bonds is 4. The van der Waals surface area contributed by atoms with Crippen LogP contribution in [0.2, 0.25) is 0 Å². The van der Waals surface area contributed by atoms with Gasteiger partial charge in [0.05, 0.1) is 10.0 Å². The molecule has 0 spiro atoms. The van der Waals surface area contributed by atoms with Crippen LogP contribution in [0.4, 0.5) is 10.1 Å². The number of carboxylic acid groups (broad SMARTS) is 1. The summed E-state index contributed by atoms with van der Waals surface area (Å²) in [7, 11) is 0. The molecule has 0 saturated carbocycles. The number of fused-ring (bicyclic) bond motifs is 1. The molecule has 32 heavy (non-hydrogen) atoms. The molecule has 0 radical (unpaired) electrons. The molecular formula is C24H23BrFNO5. The molecule has 2 aromatic rings. The van der Waals surface area contributed by atoms with Gasteiger partial charge in [-0.3, -0.25) is 4.79 Å². The molecule has 2 heterocycles. The zero-order valence-electron chi connectivity index (χ0n) is 17.7. The first-order valence-electron chi connectivity index (χ1n) is 10.3. The highest BCUT2D eigenvalue weighted by Crippen LogP contribution is 2.46. The average molecular weight is 504 g/mol. The molecule has 0 atom stereocenters. The van der Waals surface area contributed by atoms with Crippen LogP contribution in [0.1, 0.15) is 53.0 Å². The molecule has 8 heteroatoms. The average Bonchev–Trinajstić information content (AvgIpc) is 2.73. The van der Waals surface area contributed by atoms with Crippen LogP contribution in [0.3, 0.4) is 0 Å². The lowest BCUT2D eigenvalue weighted by molar-refractivity contribution is 0.0691. The van der Waals surface area contributed by atoms with E-state index in [0.717, 1.165) is 36.1 Å². The Bertz CT molecular complexity index is 1120. The molecule has 2 aliphatic rings. The second kappa shape index (κ2) is 8.67. The number of hydrogen-bond acceptors (Lipinski definition) is 4. The fourth-order valence-corrected chi connectivity index (χ4v) is 4.64. The molecule has 168 valence electrons. The number of amides is 1. The highest BCUT2D eigenvalue weighted by atomic mass is 79.9. The molecule has 2 N–H and O–H groups in total. The fraction of sp³-hybridized carbons (Fsp3) is 0.333. The molecule has 2 aromatic carbocycles. The Balaban J connectivity index is 1.67. The van der Waals surface area contributed by atoms with Crippen molar-refractivity contribution in [3.05, 3.63) is 63.4 Å². The van der Waals surface area contributed by atoms with Crippen molar-refractivity contribution in [1.29, 1.82) is 0 Å². The van der Waals surface area contributed by atoms with Gasteiger partial charge < -0.3 is 19.9 Å². The maximum Gasteiger partial charge on any atom is 0.338 e. The number of carboxylic acids is 1. The number of halogens is 2. The van der Waals surface area contributed by atoms with Gasteiger partial charge in [-0.1, -0.05) is 0 Å². The molecule has 0 bridgehead atoms. The lowest BCUT2D eigenvalue weighted by Crippen LogP contribution is -2.31. The summed E-state index contributed by atoms with van der Waals surface area (Å²) in [5, 5.41) is 11.6. The van der Waals surface area contributed by atoms with E-state index in [1.165, 1.54) is 6.07 Å². The summed E-state index contributed by atoms with van der Waals surface area (Å²) >= 11 is 3.54. The van der Waals surface area contributed by atoms with Gasteiger partial charge in [0.25, 0.3) is 5.91 Å². The molecule has 0 aliphatic carbocycles. The number of allylic oxidation sites excluding steroid dienone is 1. The third-order valence-electron chi connectivity index (χ3n) is 5.60. The smallest absolute Gasteiger partial charge is 0.338 e. The van der Waals surface area contributed by atoms with E-state index in [1.54, 1.807) is 12.1 Å². The second-order valence-corrected chi connectivity index (χ2v) is 9.33. The third-order valence-corrected chi connectivity index (χ3v) is 6.19. The largest absolute Gasteiger partial charge is 0.482 e. The summed E-state index contributed by atoms with van der Waals surface area (Å²) in [4.78, 5) is 23.9. The van der Waals surface area contributed by atoms with Crippen LogP contribution < -0.4 is 10.1 Å². The number of nitrogens with one attached hydrogen (secondary N) is 1. The molecule has 1 saturated heterocycles. The van der Waals surface area contributed by atoms with E-state index in [-0.39, 0.29) is 5.69 Å². The first-order chi connectivity index (χ1) is 15.1. The number of carbonyl (C=O) groups is 2. The minimum atomic E-state index is -1.37. The Morgan fingerprint density at radius 3 is 2.56 bits per heavy atom. The number of benzene rings is 2. The number of carbonyl (C=O) groups excluding carboxylic acids is 1. The molecule has 0 aromatic heterocycles. The first kappa shape index (κ1) is 22.5. The highest BCUT2D eigenvalue weighted by molar-refractivity contribution is 9.10. The maximum absolute atomic E-state index is 14.0. The van der Waals surface area contributed by atoms with Crippen LogP contribution in [0.25, 0.3) is 5.57 Å². The van der Waals surface area contributed by atoms with Gasteiger partial charge in [0.15, 0.2) is 0 Å². The SMILES string of the molecule is CC1(C)C=C(C2CCOCC2)c2cc(C(=O)Nc3ccc(C(=O)O)c(F)c3)cc(Br)c2O1. The Kier molecular flexibility index (Phi) is 6.09. The van der Waals surface area contributed by atoms with Gasteiger partial charge in [-0.15, -0.1) is 0 Å². The Morgan fingerprint density at radius 2 is 1.91 bits per heavy atom. The monoisotopic (exact) mass is 503 g/mol. The summed E-state index contributed by atoms with van der Waals surface area (Å²) in [6.45, 7) is 5.38. The van der Waals surface area contributed by atoms with Crippen molar-refractivity contribution in [2.75, 3.05) is 18.5 Å². The maximum atomic E-state index is 14.0. The van der Waals surface area contributed by atoms with Crippen molar-refractivity contribution in [3.63, 3.8) is 0 Å². The van der Waals surface area contributed by atoms with Crippen LogP contribution >= 0.6 is 15.9 Å². The first-order valence-corrected chi connectivity index (χ1v) is 11.1. The predicted molar refractivity (Wildman–Crippen MR) is 122 cm³/mol. The van der Waals surface area contributed by atoms with E-state index in [1.807, 2.05) is 13.8 Å². The van der Waals surface area contributed by atoms with Crippen molar-refractivity contribution in [2.24, 2.45) is 5.92 Å². The molecule has 6 nitrogen and oxygen atoms in total. The Labute approximate surface area is 193 Å². The van der Waals surface area contributed by atoms with Crippen LogP contribution in [-0.2, 0) is 4.74 Å². The van der Waals surface area contributed by atoms with Gasteiger partial charge in [-0.25, -0.2) is 9.18 Å². The van der Waals surface area contributed by atoms with Crippen LogP contribution in [0.5, 0.6) is 5.75 Å². The van der Waals surface area contributed by atoms with Crippen LogP contribution in [0, 0.1) is 11.7 Å². The van der Waals surface area contributed by atoms with Crippen LogP contribution in [0.15, 0.2) is 40.9 Å². The topological polar surface area (TPSA) is 84.9 Å². The Morgan fingerprint density at radius 1 is 1.19 bits per heavy atom. The van der Waals surface area contributed by atoms with Gasteiger partial charge in [0, 0.05) is 30.0 Å². The summed E-state index contributed by atoms with van der Waals surface area (Å²) in [5.74, 6) is -1.73. The summed E-state index contributed by atoms with van der Waals surface area (Å²) < 4.78 is 26.4. The lowest BCUT2D eigenvalue weighted by atomic mass is 9.82. The van der Waals surface area contributed by atoms with E-state index in [9.17, 15) is 14.0 Å². The molecule has 1 amide bonds. The molecule has 1 fully saturated rings. The lowest BCUT2D eigenvalue weighted by Gasteiger charge is -2.36. The summed E-state index contributed by atoms with van der Waals surface area (Å²) in [5.41, 5.74) is 1.58. The molecule has 2 aliphatic heterocycles. The molecule has 4 rings (SSSR count). The van der Waals surface area contributed by atoms with Crippen molar-refractivity contribution in [3.8, 4) is 5.75 Å². The minimum absolute atomic E-state index is 0.170. The summed E-state index contributed by atoms with van der Waals surface area (Å²) in [6.07, 6.45) is 3.90. The van der Waals surface area contributed by atoms with Gasteiger partial charge in [-0.05, 0) is 90.5 Å². The van der Waals surface area contributed by atoms with E-state index in [4.69, 9.17) is 14.6 Å². The number of aromatic carboxylic acids is 1. The number of ether oxygens (including phenoxy) is 2.